The fourth-order valence-corrected chi connectivity index (χ4v) is 5.64. The van der Waals surface area contributed by atoms with Gasteiger partial charge in [0, 0.05) is 24.9 Å². The summed E-state index contributed by atoms with van der Waals surface area (Å²) >= 11 is 0. The van der Waals surface area contributed by atoms with E-state index in [-0.39, 0.29) is 24.7 Å². The van der Waals surface area contributed by atoms with Crippen molar-refractivity contribution in [1.82, 2.24) is 0 Å². The second-order valence-electron chi connectivity index (χ2n) is 10.0. The Kier molecular flexibility index (Phi) is 9.37. The van der Waals surface area contributed by atoms with Crippen LogP contribution in [0.4, 0.5) is 0 Å². The summed E-state index contributed by atoms with van der Waals surface area (Å²) < 4.78 is 18.7. The van der Waals surface area contributed by atoms with Gasteiger partial charge in [0.05, 0.1) is 18.3 Å². The van der Waals surface area contributed by atoms with Crippen molar-refractivity contribution < 1.29 is 24.1 Å². The molecule has 1 aromatic rings. The van der Waals surface area contributed by atoms with Crippen LogP contribution >= 0.6 is 0 Å². The summed E-state index contributed by atoms with van der Waals surface area (Å²) in [5.74, 6) is 0.378. The zero-order chi connectivity index (χ0) is 23.8. The van der Waals surface area contributed by atoms with Gasteiger partial charge in [-0.2, -0.15) is 0 Å². The predicted molar refractivity (Wildman–Crippen MR) is 133 cm³/mol. The minimum absolute atomic E-state index is 0.0446. The molecule has 7 atom stereocenters. The van der Waals surface area contributed by atoms with Gasteiger partial charge in [0.2, 0.25) is 0 Å². The Morgan fingerprint density at radius 3 is 2.74 bits per heavy atom. The lowest BCUT2D eigenvalue weighted by Gasteiger charge is -2.30. The second kappa shape index (κ2) is 12.7. The summed E-state index contributed by atoms with van der Waals surface area (Å²) in [4.78, 5) is 10.7. The molecule has 0 aliphatic carbocycles. The summed E-state index contributed by atoms with van der Waals surface area (Å²) in [5.41, 5.74) is 1.28. The van der Waals surface area contributed by atoms with Crippen molar-refractivity contribution >= 4 is 5.97 Å². The molecule has 34 heavy (non-hydrogen) atoms. The summed E-state index contributed by atoms with van der Waals surface area (Å²) in [6, 6.07) is 10.6. The maximum absolute atomic E-state index is 10.7. The van der Waals surface area contributed by atoms with E-state index in [1.165, 1.54) is 5.56 Å². The molecule has 4 rings (SSSR count). The number of aliphatic carboxylic acids is 1. The molecule has 3 aliphatic heterocycles. The highest BCUT2D eigenvalue weighted by Crippen LogP contribution is 2.46. The highest BCUT2D eigenvalue weighted by molar-refractivity contribution is 5.66. The van der Waals surface area contributed by atoms with Gasteiger partial charge in [0.1, 0.15) is 0 Å². The van der Waals surface area contributed by atoms with Gasteiger partial charge in [0.25, 0.3) is 0 Å². The van der Waals surface area contributed by atoms with Gasteiger partial charge < -0.3 is 19.3 Å². The smallest absolute Gasteiger partial charge is 0.303 e. The van der Waals surface area contributed by atoms with Crippen molar-refractivity contribution in [2.45, 2.75) is 95.2 Å². The summed E-state index contributed by atoms with van der Waals surface area (Å²) in [5, 5.41) is 8.80. The van der Waals surface area contributed by atoms with Crippen LogP contribution in [0.5, 0.6) is 0 Å². The highest BCUT2D eigenvalue weighted by Gasteiger charge is 2.47. The van der Waals surface area contributed by atoms with Gasteiger partial charge in [0.15, 0.2) is 6.29 Å². The van der Waals surface area contributed by atoms with Crippen LogP contribution in [-0.2, 0) is 19.0 Å². The first kappa shape index (κ1) is 25.2. The molecule has 0 amide bonds. The average molecular weight is 469 g/mol. The monoisotopic (exact) mass is 468 g/mol. The Bertz CT molecular complexity index is 813. The van der Waals surface area contributed by atoms with Gasteiger partial charge in [-0.3, -0.25) is 4.79 Å². The number of carboxylic acids is 1. The first-order valence-corrected chi connectivity index (χ1v) is 13.1. The molecule has 0 spiro atoms. The van der Waals surface area contributed by atoms with E-state index in [4.69, 9.17) is 19.3 Å². The Morgan fingerprint density at radius 1 is 1.15 bits per heavy atom. The van der Waals surface area contributed by atoms with Gasteiger partial charge >= 0.3 is 5.97 Å². The van der Waals surface area contributed by atoms with E-state index in [2.05, 4.69) is 61.6 Å². The van der Waals surface area contributed by atoms with Crippen molar-refractivity contribution in [2.75, 3.05) is 6.61 Å². The largest absolute Gasteiger partial charge is 0.481 e. The Balaban J connectivity index is 1.41. The minimum atomic E-state index is -0.722. The fourth-order valence-electron chi connectivity index (χ4n) is 5.64. The third-order valence-electron chi connectivity index (χ3n) is 7.61. The Hall–Kier alpha value is -1.95. The predicted octanol–water partition coefficient (Wildman–Crippen LogP) is 6.25. The average Bonchev–Trinajstić information content (AvgIpc) is 3.46. The maximum Gasteiger partial charge on any atom is 0.303 e. The third kappa shape index (κ3) is 6.80. The first-order valence-electron chi connectivity index (χ1n) is 13.1. The SMILES string of the molecule is CC(c1ccccc1)C(/C=C/[C@@H]1[C@H](C/C=C\CCCC(=O)O)[C@@H]2CC[C@H]1O2)OC1CCCCO1. The van der Waals surface area contributed by atoms with Crippen LogP contribution in [0.1, 0.15) is 76.2 Å². The molecule has 5 heteroatoms. The van der Waals surface area contributed by atoms with Crippen molar-refractivity contribution in [3.05, 3.63) is 60.2 Å². The Labute approximate surface area is 204 Å². The van der Waals surface area contributed by atoms with Crippen molar-refractivity contribution in [1.29, 1.82) is 0 Å². The lowest BCUT2D eigenvalue weighted by molar-refractivity contribution is -0.181. The zero-order valence-electron chi connectivity index (χ0n) is 20.4. The van der Waals surface area contributed by atoms with Crippen LogP contribution < -0.4 is 0 Å². The number of carboxylic acid groups (broad SMARTS) is 1. The van der Waals surface area contributed by atoms with Gasteiger partial charge in [-0.1, -0.05) is 61.6 Å². The van der Waals surface area contributed by atoms with E-state index in [9.17, 15) is 4.79 Å². The number of rotatable bonds is 12. The van der Waals surface area contributed by atoms with Crippen LogP contribution in [0.15, 0.2) is 54.6 Å². The van der Waals surface area contributed by atoms with Crippen molar-refractivity contribution in [2.24, 2.45) is 11.8 Å². The summed E-state index contributed by atoms with van der Waals surface area (Å²) in [6.07, 6.45) is 17.7. The molecule has 1 aromatic carbocycles. The number of allylic oxidation sites excluding steroid dienone is 2. The minimum Gasteiger partial charge on any atom is -0.481 e. The fraction of sp³-hybridized carbons (Fsp3) is 0.621. The third-order valence-corrected chi connectivity index (χ3v) is 7.61. The van der Waals surface area contributed by atoms with Crippen molar-refractivity contribution in [3.8, 4) is 0 Å². The quantitative estimate of drug-likeness (QED) is 0.290. The lowest BCUT2D eigenvalue weighted by atomic mass is 9.77. The number of unbranched alkanes of at least 4 members (excludes halogenated alkanes) is 1. The molecular weight excluding hydrogens is 428 g/mol. The van der Waals surface area contributed by atoms with E-state index >= 15 is 0 Å². The Morgan fingerprint density at radius 2 is 1.97 bits per heavy atom. The number of ether oxygens (including phenoxy) is 3. The van der Waals surface area contributed by atoms with Crippen LogP contribution in [0.2, 0.25) is 0 Å². The summed E-state index contributed by atoms with van der Waals surface area (Å²) in [6.45, 7) is 3.02. The van der Waals surface area contributed by atoms with Crippen LogP contribution in [0.3, 0.4) is 0 Å². The molecule has 5 nitrogen and oxygen atoms in total. The van der Waals surface area contributed by atoms with E-state index < -0.39 is 5.97 Å². The van der Waals surface area contributed by atoms with Gasteiger partial charge in [-0.15, -0.1) is 0 Å². The van der Waals surface area contributed by atoms with Gasteiger partial charge in [-0.05, 0) is 62.8 Å². The molecular formula is C29H40O5. The summed E-state index contributed by atoms with van der Waals surface area (Å²) in [7, 11) is 0. The molecule has 2 bridgehead atoms. The highest BCUT2D eigenvalue weighted by atomic mass is 16.7. The van der Waals surface area contributed by atoms with Crippen molar-refractivity contribution in [3.63, 3.8) is 0 Å². The second-order valence-corrected chi connectivity index (χ2v) is 10.0. The molecule has 186 valence electrons. The standard InChI is InChI=1S/C29H40O5/c1-21(22-11-5-4-6-12-22)25(34-29-15-9-10-20-32-29)17-16-24-23(26-18-19-27(24)33-26)13-7-2-3-8-14-28(30)31/h2,4-7,11-12,16-17,21,23-27,29H,3,8-10,13-15,18-20H2,1H3,(H,30,31)/b7-2-,17-16+/t21?,23-,24+,25?,26-,27+,29?/m0/s1. The van der Waals surface area contributed by atoms with E-state index in [1.807, 2.05) is 0 Å². The molecule has 0 radical (unpaired) electrons. The van der Waals surface area contributed by atoms with Crippen LogP contribution in [-0.4, -0.2) is 42.3 Å². The van der Waals surface area contributed by atoms with Crippen LogP contribution in [0, 0.1) is 11.8 Å². The molecule has 0 saturated carbocycles. The molecule has 3 fully saturated rings. The number of fused-ring (bicyclic) bond motifs is 2. The number of hydrogen-bond acceptors (Lipinski definition) is 4. The van der Waals surface area contributed by atoms with E-state index in [0.717, 1.165) is 51.6 Å². The number of benzene rings is 1. The van der Waals surface area contributed by atoms with E-state index in [0.29, 0.717) is 30.5 Å². The van der Waals surface area contributed by atoms with Crippen LogP contribution in [0.25, 0.3) is 0 Å². The normalized spacial score (nSPS) is 30.8. The number of hydrogen-bond donors (Lipinski definition) is 1. The molecule has 1 N–H and O–H groups in total. The topological polar surface area (TPSA) is 65.0 Å². The molecule has 3 heterocycles. The molecule has 3 saturated heterocycles. The molecule has 0 aromatic heterocycles. The first-order chi connectivity index (χ1) is 16.6. The van der Waals surface area contributed by atoms with E-state index in [1.54, 1.807) is 0 Å². The molecule has 3 aliphatic rings. The zero-order valence-corrected chi connectivity index (χ0v) is 20.4. The number of carbonyl (C=O) groups is 1. The lowest BCUT2D eigenvalue weighted by Crippen LogP contribution is -2.30. The molecule has 3 unspecified atom stereocenters. The maximum atomic E-state index is 10.7. The van der Waals surface area contributed by atoms with Gasteiger partial charge in [-0.25, -0.2) is 0 Å².